The van der Waals surface area contributed by atoms with E-state index in [1.807, 2.05) is 0 Å². The Bertz CT molecular complexity index is 611. The molecule has 0 spiro atoms. The molecule has 128 valence electrons. The Morgan fingerprint density at radius 2 is 1.83 bits per heavy atom. The first kappa shape index (κ1) is 17.2. The van der Waals surface area contributed by atoms with Gasteiger partial charge in [0, 0.05) is 12.0 Å². The number of carbonyl (C=O) groups is 1. The molecular formula is C13H11F6NO3. The molecule has 0 radical (unpaired) electrons. The van der Waals surface area contributed by atoms with E-state index >= 15 is 0 Å². The maximum absolute atomic E-state index is 13.2. The topological polar surface area (TPSA) is 47.6 Å². The Labute approximate surface area is 126 Å². The fourth-order valence-electron chi connectivity index (χ4n) is 2.30. The van der Waals surface area contributed by atoms with E-state index in [1.54, 1.807) is 0 Å². The monoisotopic (exact) mass is 343 g/mol. The third kappa shape index (κ3) is 3.62. The molecule has 1 aliphatic heterocycles. The van der Waals surface area contributed by atoms with E-state index in [0.29, 0.717) is 6.07 Å². The van der Waals surface area contributed by atoms with Crippen molar-refractivity contribution in [2.45, 2.75) is 24.8 Å². The van der Waals surface area contributed by atoms with Crippen molar-refractivity contribution >= 4 is 6.09 Å². The first-order valence-electron chi connectivity index (χ1n) is 6.33. The molecule has 0 aliphatic carbocycles. The number of hydrogen-bond donors (Lipinski definition) is 1. The Morgan fingerprint density at radius 1 is 1.17 bits per heavy atom. The molecule has 0 saturated carbocycles. The maximum atomic E-state index is 13.2. The first-order valence-corrected chi connectivity index (χ1v) is 6.33. The molecule has 1 atom stereocenters. The Hall–Kier alpha value is -2.13. The van der Waals surface area contributed by atoms with Gasteiger partial charge in [-0.3, -0.25) is 0 Å². The minimum atomic E-state index is -5.05. The van der Waals surface area contributed by atoms with Crippen LogP contribution < -0.4 is 10.1 Å². The number of ether oxygens (including phenoxy) is 2. The lowest BCUT2D eigenvalue weighted by Gasteiger charge is -2.28. The molecule has 0 aromatic heterocycles. The van der Waals surface area contributed by atoms with E-state index in [4.69, 9.17) is 4.74 Å². The van der Waals surface area contributed by atoms with Crippen LogP contribution in [-0.4, -0.2) is 19.8 Å². The van der Waals surface area contributed by atoms with Gasteiger partial charge >= 0.3 is 18.4 Å². The predicted octanol–water partition coefficient (Wildman–Crippen LogP) is 3.90. The lowest BCUT2D eigenvalue weighted by atomic mass is 9.93. The van der Waals surface area contributed by atoms with Crippen molar-refractivity contribution in [2.24, 2.45) is 0 Å². The second kappa shape index (κ2) is 5.82. The summed E-state index contributed by atoms with van der Waals surface area (Å²) in [7, 11) is 0.959. The molecule has 1 fully saturated rings. The number of amides is 1. The average Bonchev–Trinajstić information content (AvgIpc) is 2.43. The van der Waals surface area contributed by atoms with Gasteiger partial charge in [-0.2, -0.15) is 26.3 Å². The van der Waals surface area contributed by atoms with Crippen LogP contribution in [0, 0.1) is 0 Å². The van der Waals surface area contributed by atoms with Gasteiger partial charge in [0.25, 0.3) is 0 Å². The summed E-state index contributed by atoms with van der Waals surface area (Å²) in [6.45, 7) is -0.155. The lowest BCUT2D eigenvalue weighted by Crippen LogP contribution is -2.36. The number of cyclic esters (lactones) is 1. The van der Waals surface area contributed by atoms with Gasteiger partial charge in [0.2, 0.25) is 0 Å². The van der Waals surface area contributed by atoms with Gasteiger partial charge in [0.1, 0.15) is 5.75 Å². The van der Waals surface area contributed by atoms with E-state index in [2.05, 4.69) is 10.1 Å². The van der Waals surface area contributed by atoms with Crippen LogP contribution in [0.3, 0.4) is 0 Å². The van der Waals surface area contributed by atoms with Crippen molar-refractivity contribution in [2.75, 3.05) is 13.7 Å². The van der Waals surface area contributed by atoms with Gasteiger partial charge in [0.15, 0.2) is 0 Å². The standard InChI is InChI=1S/C13H11F6NO3/c1-22-9-5-6(12(14,15)16)4-7(13(17,18)19)10(9)8-2-3-23-11(21)20-8/h4-5,8H,2-3H2,1H3,(H,20,21)/t8-/m0/s1. The molecule has 1 amide bonds. The zero-order chi connectivity index (χ0) is 17.4. The molecule has 10 heteroatoms. The van der Waals surface area contributed by atoms with Crippen LogP contribution >= 0.6 is 0 Å². The molecule has 2 rings (SSSR count). The average molecular weight is 343 g/mol. The number of benzene rings is 1. The number of alkyl halides is 6. The summed E-state index contributed by atoms with van der Waals surface area (Å²) in [4.78, 5) is 11.2. The summed E-state index contributed by atoms with van der Waals surface area (Å²) >= 11 is 0. The first-order chi connectivity index (χ1) is 10.5. The number of hydrogen-bond acceptors (Lipinski definition) is 3. The van der Waals surface area contributed by atoms with Gasteiger partial charge in [0.05, 0.1) is 30.9 Å². The molecule has 0 bridgehead atoms. The lowest BCUT2D eigenvalue weighted by molar-refractivity contribution is -0.143. The highest BCUT2D eigenvalue weighted by atomic mass is 19.4. The third-order valence-corrected chi connectivity index (χ3v) is 3.27. The smallest absolute Gasteiger partial charge is 0.416 e. The van der Waals surface area contributed by atoms with Crippen molar-refractivity contribution < 1.29 is 40.6 Å². The number of halogens is 6. The van der Waals surface area contributed by atoms with Crippen LogP contribution in [0.4, 0.5) is 31.1 Å². The Balaban J connectivity index is 2.65. The van der Waals surface area contributed by atoms with E-state index < -0.39 is 46.9 Å². The van der Waals surface area contributed by atoms with Crippen molar-refractivity contribution in [3.8, 4) is 5.75 Å². The third-order valence-electron chi connectivity index (χ3n) is 3.27. The SMILES string of the molecule is COc1cc(C(F)(F)F)cc(C(F)(F)F)c1[C@@H]1CCOC(=O)N1. The van der Waals surface area contributed by atoms with Crippen LogP contribution in [0.25, 0.3) is 0 Å². The molecule has 1 aromatic rings. The Kier molecular flexibility index (Phi) is 4.36. The minimum absolute atomic E-state index is 0.0134. The number of rotatable bonds is 2. The number of methoxy groups -OCH3 is 1. The van der Waals surface area contributed by atoms with Crippen LogP contribution in [0.2, 0.25) is 0 Å². The quantitative estimate of drug-likeness (QED) is 0.829. The van der Waals surface area contributed by atoms with E-state index in [-0.39, 0.29) is 19.1 Å². The Morgan fingerprint density at radius 3 is 2.30 bits per heavy atom. The van der Waals surface area contributed by atoms with Crippen LogP contribution in [0.15, 0.2) is 12.1 Å². The predicted molar refractivity (Wildman–Crippen MR) is 64.8 cm³/mol. The van der Waals surface area contributed by atoms with Crippen molar-refractivity contribution in [3.05, 3.63) is 28.8 Å². The summed E-state index contributed by atoms with van der Waals surface area (Å²) < 4.78 is 87.3. The molecule has 1 N–H and O–H groups in total. The number of carbonyl (C=O) groups excluding carboxylic acids is 1. The minimum Gasteiger partial charge on any atom is -0.496 e. The van der Waals surface area contributed by atoms with Gasteiger partial charge in [-0.1, -0.05) is 0 Å². The second-order valence-corrected chi connectivity index (χ2v) is 4.76. The maximum Gasteiger partial charge on any atom is 0.416 e. The van der Waals surface area contributed by atoms with Gasteiger partial charge in [-0.05, 0) is 12.1 Å². The molecular weight excluding hydrogens is 332 g/mol. The number of nitrogens with one attached hydrogen (secondary N) is 1. The van der Waals surface area contributed by atoms with Crippen LogP contribution in [0.1, 0.15) is 29.2 Å². The summed E-state index contributed by atoms with van der Waals surface area (Å²) in [5.41, 5.74) is -3.54. The zero-order valence-corrected chi connectivity index (χ0v) is 11.6. The molecule has 1 aromatic carbocycles. The van der Waals surface area contributed by atoms with Gasteiger partial charge < -0.3 is 14.8 Å². The normalized spacial score (nSPS) is 19.1. The molecule has 0 unspecified atom stereocenters. The van der Waals surface area contributed by atoms with Crippen molar-refractivity contribution in [1.82, 2.24) is 5.32 Å². The van der Waals surface area contributed by atoms with E-state index in [9.17, 15) is 31.1 Å². The van der Waals surface area contributed by atoms with E-state index in [1.165, 1.54) is 0 Å². The molecule has 4 nitrogen and oxygen atoms in total. The molecule has 23 heavy (non-hydrogen) atoms. The van der Waals surface area contributed by atoms with E-state index in [0.717, 1.165) is 7.11 Å². The summed E-state index contributed by atoms with van der Waals surface area (Å²) in [5.74, 6) is -0.598. The van der Waals surface area contributed by atoms with Gasteiger partial charge in [-0.25, -0.2) is 4.79 Å². The molecule has 1 saturated heterocycles. The van der Waals surface area contributed by atoms with Gasteiger partial charge in [-0.15, -0.1) is 0 Å². The second-order valence-electron chi connectivity index (χ2n) is 4.76. The van der Waals surface area contributed by atoms with Crippen LogP contribution in [0.5, 0.6) is 5.75 Å². The molecule has 1 aliphatic rings. The van der Waals surface area contributed by atoms with Crippen molar-refractivity contribution in [3.63, 3.8) is 0 Å². The number of alkyl carbamates (subject to hydrolysis) is 1. The highest BCUT2D eigenvalue weighted by Crippen LogP contribution is 2.44. The fourth-order valence-corrected chi connectivity index (χ4v) is 2.30. The summed E-state index contributed by atoms with van der Waals surface area (Å²) in [5, 5.41) is 2.16. The summed E-state index contributed by atoms with van der Waals surface area (Å²) in [6.07, 6.45) is -11.0. The molecule has 1 heterocycles. The highest BCUT2D eigenvalue weighted by Gasteiger charge is 2.42. The summed E-state index contributed by atoms with van der Waals surface area (Å²) in [6, 6.07) is -0.670. The fraction of sp³-hybridized carbons (Fsp3) is 0.462. The zero-order valence-electron chi connectivity index (χ0n) is 11.6. The van der Waals surface area contributed by atoms with Crippen molar-refractivity contribution in [1.29, 1.82) is 0 Å². The highest BCUT2D eigenvalue weighted by molar-refractivity contribution is 5.69. The van der Waals surface area contributed by atoms with Crippen LogP contribution in [-0.2, 0) is 17.1 Å². The largest absolute Gasteiger partial charge is 0.496 e.